The van der Waals surface area contributed by atoms with Crippen molar-refractivity contribution < 1.29 is 28.6 Å². The van der Waals surface area contributed by atoms with Gasteiger partial charge in [0, 0.05) is 11.3 Å². The quantitative estimate of drug-likeness (QED) is 0.335. The molecule has 1 atom stereocenters. The second kappa shape index (κ2) is 8.33. The van der Waals surface area contributed by atoms with Crippen LogP contribution >= 0.6 is 11.6 Å². The predicted molar refractivity (Wildman–Crippen MR) is 122 cm³/mol. The smallest absolute Gasteiger partial charge is 0.300 e. The molecule has 7 nitrogen and oxygen atoms in total. The van der Waals surface area contributed by atoms with E-state index in [1.54, 1.807) is 42.5 Å². The first-order valence-electron chi connectivity index (χ1n) is 10.4. The van der Waals surface area contributed by atoms with Crippen molar-refractivity contribution in [3.8, 4) is 11.5 Å². The minimum absolute atomic E-state index is 0.0569. The van der Waals surface area contributed by atoms with Crippen molar-refractivity contribution in [1.82, 2.24) is 0 Å². The molecule has 1 aromatic heterocycles. The van der Waals surface area contributed by atoms with E-state index in [-0.39, 0.29) is 16.4 Å². The fourth-order valence-corrected chi connectivity index (χ4v) is 4.54. The van der Waals surface area contributed by atoms with Crippen molar-refractivity contribution in [3.05, 3.63) is 82.3 Å². The van der Waals surface area contributed by atoms with Crippen LogP contribution in [0.2, 0.25) is 5.02 Å². The maximum absolute atomic E-state index is 13.2. The number of anilines is 1. The van der Waals surface area contributed by atoms with Gasteiger partial charge in [-0.05, 0) is 66.9 Å². The van der Waals surface area contributed by atoms with Gasteiger partial charge in [0.15, 0.2) is 0 Å². The molecule has 1 fully saturated rings. The van der Waals surface area contributed by atoms with E-state index in [0.717, 1.165) is 24.2 Å². The fraction of sp³-hybridized carbons (Fsp3) is 0.200. The number of amides is 1. The van der Waals surface area contributed by atoms with E-state index in [9.17, 15) is 14.7 Å². The molecule has 1 unspecified atom stereocenters. The summed E-state index contributed by atoms with van der Waals surface area (Å²) in [4.78, 5) is 27.6. The van der Waals surface area contributed by atoms with Crippen LogP contribution in [0, 0.1) is 0 Å². The van der Waals surface area contributed by atoms with E-state index in [2.05, 4.69) is 0 Å². The zero-order chi connectivity index (χ0) is 23.1. The number of carbonyl (C=O) groups excluding carboxylic acids is 2. The lowest BCUT2D eigenvalue weighted by Gasteiger charge is -2.24. The minimum atomic E-state index is -0.961. The number of aryl methyl sites for hydroxylation is 1. The SMILES string of the molecule is COc1ccc(N2C(=O)C(=O)/C(=C(\O)c3ccc4c(c3)CCCO4)C2c2ccco2)cc1Cl. The number of rotatable bonds is 4. The Morgan fingerprint density at radius 3 is 2.76 bits per heavy atom. The summed E-state index contributed by atoms with van der Waals surface area (Å²) in [6.07, 6.45) is 3.12. The van der Waals surface area contributed by atoms with Crippen molar-refractivity contribution in [2.24, 2.45) is 0 Å². The molecule has 168 valence electrons. The van der Waals surface area contributed by atoms with Crippen molar-refractivity contribution in [2.75, 3.05) is 18.6 Å². The molecule has 3 heterocycles. The Bertz CT molecular complexity index is 1280. The molecule has 1 amide bonds. The Morgan fingerprint density at radius 1 is 1.18 bits per heavy atom. The summed E-state index contributed by atoms with van der Waals surface area (Å²) in [6, 6.07) is 12.4. The van der Waals surface area contributed by atoms with Gasteiger partial charge in [0.2, 0.25) is 0 Å². The molecule has 2 aromatic carbocycles. The summed E-state index contributed by atoms with van der Waals surface area (Å²) in [5, 5.41) is 11.5. The van der Waals surface area contributed by atoms with E-state index >= 15 is 0 Å². The number of fused-ring (bicyclic) bond motifs is 1. The number of ketones is 1. The summed E-state index contributed by atoms with van der Waals surface area (Å²) < 4.78 is 16.4. The maximum atomic E-state index is 13.2. The van der Waals surface area contributed by atoms with E-state index in [4.69, 9.17) is 25.5 Å². The van der Waals surface area contributed by atoms with Gasteiger partial charge in [0.25, 0.3) is 11.7 Å². The molecule has 33 heavy (non-hydrogen) atoms. The van der Waals surface area contributed by atoms with Gasteiger partial charge in [0.1, 0.15) is 29.1 Å². The molecule has 5 rings (SSSR count). The highest BCUT2D eigenvalue weighted by Crippen LogP contribution is 2.44. The number of nitrogens with zero attached hydrogens (tertiary/aromatic N) is 1. The second-order valence-corrected chi connectivity index (χ2v) is 8.19. The Morgan fingerprint density at radius 2 is 2.03 bits per heavy atom. The third-order valence-electron chi connectivity index (χ3n) is 5.85. The molecule has 2 aliphatic heterocycles. The van der Waals surface area contributed by atoms with Crippen LogP contribution in [0.5, 0.6) is 11.5 Å². The number of ether oxygens (including phenoxy) is 2. The maximum Gasteiger partial charge on any atom is 0.300 e. The number of benzene rings is 2. The highest BCUT2D eigenvalue weighted by atomic mass is 35.5. The zero-order valence-electron chi connectivity index (χ0n) is 17.7. The van der Waals surface area contributed by atoms with Gasteiger partial charge in [-0.3, -0.25) is 14.5 Å². The number of carbonyl (C=O) groups is 2. The van der Waals surface area contributed by atoms with Crippen molar-refractivity contribution in [2.45, 2.75) is 18.9 Å². The number of hydrogen-bond donors (Lipinski definition) is 1. The molecule has 8 heteroatoms. The van der Waals surface area contributed by atoms with Gasteiger partial charge in [-0.25, -0.2) is 0 Å². The third kappa shape index (κ3) is 3.54. The Labute approximate surface area is 194 Å². The van der Waals surface area contributed by atoms with E-state index in [1.165, 1.54) is 24.3 Å². The highest BCUT2D eigenvalue weighted by Gasteiger charge is 2.48. The Balaban J connectivity index is 1.66. The average Bonchev–Trinajstić information content (AvgIpc) is 3.45. The number of halogens is 1. The normalized spacial score (nSPS) is 19.3. The number of hydrogen-bond acceptors (Lipinski definition) is 6. The topological polar surface area (TPSA) is 89.2 Å². The highest BCUT2D eigenvalue weighted by molar-refractivity contribution is 6.51. The molecule has 0 bridgehead atoms. The monoisotopic (exact) mass is 465 g/mol. The number of furan rings is 1. The fourth-order valence-electron chi connectivity index (χ4n) is 4.28. The van der Waals surface area contributed by atoms with E-state index < -0.39 is 17.7 Å². The van der Waals surface area contributed by atoms with Crippen molar-refractivity contribution in [3.63, 3.8) is 0 Å². The Hall–Kier alpha value is -3.71. The van der Waals surface area contributed by atoms with Crippen LogP contribution in [0.3, 0.4) is 0 Å². The van der Waals surface area contributed by atoms with Gasteiger partial charge < -0.3 is 19.0 Å². The first kappa shape index (κ1) is 21.2. The van der Waals surface area contributed by atoms with Crippen molar-refractivity contribution >= 4 is 34.7 Å². The summed E-state index contributed by atoms with van der Waals surface area (Å²) in [7, 11) is 1.49. The lowest BCUT2D eigenvalue weighted by Crippen LogP contribution is -2.29. The zero-order valence-corrected chi connectivity index (χ0v) is 18.5. The molecule has 0 saturated carbocycles. The largest absolute Gasteiger partial charge is 0.507 e. The lowest BCUT2D eigenvalue weighted by atomic mass is 9.96. The molecular weight excluding hydrogens is 446 g/mol. The predicted octanol–water partition coefficient (Wildman–Crippen LogP) is 4.89. The lowest BCUT2D eigenvalue weighted by molar-refractivity contribution is -0.132. The summed E-state index contributed by atoms with van der Waals surface area (Å²) in [5.41, 5.74) is 1.69. The summed E-state index contributed by atoms with van der Waals surface area (Å²) in [5.74, 6) is -0.346. The second-order valence-electron chi connectivity index (χ2n) is 7.78. The molecule has 1 N–H and O–H groups in total. The molecule has 0 aliphatic carbocycles. The molecule has 0 spiro atoms. The van der Waals surface area contributed by atoms with Crippen LogP contribution < -0.4 is 14.4 Å². The molecule has 2 aliphatic rings. The van der Waals surface area contributed by atoms with Crippen LogP contribution in [0.4, 0.5) is 5.69 Å². The van der Waals surface area contributed by atoms with Crippen LogP contribution in [-0.2, 0) is 16.0 Å². The van der Waals surface area contributed by atoms with Gasteiger partial charge in [-0.2, -0.15) is 0 Å². The summed E-state index contributed by atoms with van der Waals surface area (Å²) in [6.45, 7) is 0.645. The molecular formula is C25H20ClNO6. The van der Waals surface area contributed by atoms with Gasteiger partial charge in [-0.1, -0.05) is 11.6 Å². The van der Waals surface area contributed by atoms with E-state index in [0.29, 0.717) is 29.4 Å². The van der Waals surface area contributed by atoms with Gasteiger partial charge in [-0.15, -0.1) is 0 Å². The van der Waals surface area contributed by atoms with Gasteiger partial charge >= 0.3 is 0 Å². The number of aliphatic hydroxyl groups is 1. The van der Waals surface area contributed by atoms with Crippen LogP contribution in [-0.4, -0.2) is 30.5 Å². The van der Waals surface area contributed by atoms with Gasteiger partial charge in [0.05, 0.1) is 30.6 Å². The Kier molecular flexibility index (Phi) is 5.34. The molecule has 3 aromatic rings. The first-order valence-corrected chi connectivity index (χ1v) is 10.8. The third-order valence-corrected chi connectivity index (χ3v) is 6.15. The van der Waals surface area contributed by atoms with E-state index in [1.807, 2.05) is 0 Å². The molecule has 0 radical (unpaired) electrons. The minimum Gasteiger partial charge on any atom is -0.507 e. The summed E-state index contributed by atoms with van der Waals surface area (Å²) >= 11 is 6.28. The number of aliphatic hydroxyl groups excluding tert-OH is 1. The van der Waals surface area contributed by atoms with Crippen molar-refractivity contribution in [1.29, 1.82) is 0 Å². The number of methoxy groups -OCH3 is 1. The van der Waals surface area contributed by atoms with Crippen LogP contribution in [0.1, 0.15) is 29.3 Å². The first-order chi connectivity index (χ1) is 16.0. The van der Waals surface area contributed by atoms with Crippen LogP contribution in [0.25, 0.3) is 5.76 Å². The number of Topliss-reactive ketones (excluding diaryl/α,β-unsaturated/α-hetero) is 1. The average molecular weight is 466 g/mol. The standard InChI is InChI=1S/C25H20ClNO6/c1-31-19-9-7-16(13-17(19)26)27-22(20-5-3-11-33-20)21(24(29)25(27)30)23(28)15-6-8-18-14(12-15)4-2-10-32-18/h3,5-9,11-13,22,28H,2,4,10H2,1H3/b23-21-. The van der Waals surface area contributed by atoms with Crippen LogP contribution in [0.15, 0.2) is 64.8 Å². The molecule has 1 saturated heterocycles.